The first-order valence-electron chi connectivity index (χ1n) is 38.0. The summed E-state index contributed by atoms with van der Waals surface area (Å²) in [7, 11) is -9.91. The second-order valence-corrected chi connectivity index (χ2v) is 30.2. The Morgan fingerprint density at radius 3 is 0.739 bits per heavy atom. The van der Waals surface area contributed by atoms with Crippen LogP contribution in [0.2, 0.25) is 0 Å². The summed E-state index contributed by atoms with van der Waals surface area (Å²) in [6.45, 7) is 9.56. The zero-order chi connectivity index (χ0) is 67.9. The highest BCUT2D eigenvalue weighted by Crippen LogP contribution is 2.45. The minimum Gasteiger partial charge on any atom is -0.462 e. The van der Waals surface area contributed by atoms with Crippen molar-refractivity contribution in [2.75, 3.05) is 39.6 Å². The fraction of sp³-hybridized carbons (Fsp3) is 0.945. The van der Waals surface area contributed by atoms with Gasteiger partial charge in [-0.1, -0.05) is 324 Å². The van der Waals surface area contributed by atoms with Crippen molar-refractivity contribution < 1.29 is 80.2 Å². The summed E-state index contributed by atoms with van der Waals surface area (Å²) in [5.41, 5.74) is 0. The van der Waals surface area contributed by atoms with E-state index in [0.717, 1.165) is 102 Å². The van der Waals surface area contributed by atoms with Gasteiger partial charge in [0.25, 0.3) is 0 Å². The third kappa shape index (κ3) is 66.7. The summed E-state index contributed by atoms with van der Waals surface area (Å²) in [6, 6.07) is 0. The summed E-state index contributed by atoms with van der Waals surface area (Å²) < 4.78 is 68.4. The number of aliphatic hydroxyl groups is 1. The number of hydrogen-bond acceptors (Lipinski definition) is 15. The first-order chi connectivity index (χ1) is 44.4. The molecule has 3 N–H and O–H groups in total. The lowest BCUT2D eigenvalue weighted by Crippen LogP contribution is -2.30. The van der Waals surface area contributed by atoms with Gasteiger partial charge in [-0.3, -0.25) is 37.3 Å². The van der Waals surface area contributed by atoms with Gasteiger partial charge in [-0.05, 0) is 37.5 Å². The summed E-state index contributed by atoms with van der Waals surface area (Å²) in [5.74, 6) is -0.607. The predicted molar refractivity (Wildman–Crippen MR) is 372 cm³/mol. The van der Waals surface area contributed by atoms with Gasteiger partial charge in [0.1, 0.15) is 19.3 Å². The number of phosphoric acid groups is 2. The Hall–Kier alpha value is -1.94. The maximum atomic E-state index is 13.0. The number of rotatable bonds is 72. The molecular weight excluding hydrogens is 1210 g/mol. The van der Waals surface area contributed by atoms with Crippen LogP contribution < -0.4 is 0 Å². The molecule has 0 aliphatic heterocycles. The number of phosphoric ester groups is 2. The van der Waals surface area contributed by atoms with Crippen molar-refractivity contribution in [2.45, 2.75) is 394 Å². The number of carbonyl (C=O) groups excluding carboxylic acids is 4. The second kappa shape index (κ2) is 65.0. The fourth-order valence-corrected chi connectivity index (χ4v) is 12.7. The number of ether oxygens (including phenoxy) is 4. The Balaban J connectivity index is 5.26. The second-order valence-electron chi connectivity index (χ2n) is 27.3. The van der Waals surface area contributed by atoms with E-state index in [1.165, 1.54) is 193 Å². The summed E-state index contributed by atoms with van der Waals surface area (Å²) >= 11 is 0. The van der Waals surface area contributed by atoms with E-state index in [1.54, 1.807) is 0 Å². The van der Waals surface area contributed by atoms with Crippen molar-refractivity contribution >= 4 is 39.5 Å². The van der Waals surface area contributed by atoms with Crippen LogP contribution in [0.15, 0.2) is 0 Å². The molecule has 0 rings (SSSR count). The lowest BCUT2D eigenvalue weighted by molar-refractivity contribution is -0.161. The third-order valence-corrected chi connectivity index (χ3v) is 18.9. The minimum atomic E-state index is -4.95. The van der Waals surface area contributed by atoms with Gasteiger partial charge in [0.15, 0.2) is 12.2 Å². The van der Waals surface area contributed by atoms with E-state index in [1.807, 2.05) is 0 Å². The van der Waals surface area contributed by atoms with E-state index in [4.69, 9.17) is 37.0 Å². The van der Waals surface area contributed by atoms with E-state index in [-0.39, 0.29) is 25.7 Å². The van der Waals surface area contributed by atoms with Crippen LogP contribution in [0.25, 0.3) is 0 Å². The molecule has 0 spiro atoms. The van der Waals surface area contributed by atoms with Gasteiger partial charge in [-0.15, -0.1) is 0 Å². The summed E-state index contributed by atoms with van der Waals surface area (Å²) in [5, 5.41) is 10.6. The van der Waals surface area contributed by atoms with Crippen LogP contribution in [0.4, 0.5) is 0 Å². The summed E-state index contributed by atoms with van der Waals surface area (Å²) in [6.07, 6.45) is 51.1. The number of aliphatic hydroxyl groups excluding tert-OH is 1. The van der Waals surface area contributed by atoms with Crippen molar-refractivity contribution in [3.63, 3.8) is 0 Å². The monoisotopic (exact) mass is 1350 g/mol. The number of esters is 4. The number of hydrogen-bond donors (Lipinski definition) is 3. The van der Waals surface area contributed by atoms with Gasteiger partial charge in [-0.2, -0.15) is 0 Å². The van der Waals surface area contributed by atoms with Crippen molar-refractivity contribution in [1.82, 2.24) is 0 Å². The highest BCUT2D eigenvalue weighted by molar-refractivity contribution is 7.47. The molecule has 2 unspecified atom stereocenters. The van der Waals surface area contributed by atoms with Crippen LogP contribution in [0.5, 0.6) is 0 Å². The van der Waals surface area contributed by atoms with Gasteiger partial charge in [0.2, 0.25) is 0 Å². The topological polar surface area (TPSA) is 237 Å². The van der Waals surface area contributed by atoms with Crippen LogP contribution in [-0.4, -0.2) is 96.7 Å². The average molecular weight is 1350 g/mol. The lowest BCUT2D eigenvalue weighted by Gasteiger charge is -2.21. The maximum Gasteiger partial charge on any atom is 0.472 e. The van der Waals surface area contributed by atoms with Gasteiger partial charge in [0.05, 0.1) is 26.4 Å². The SMILES string of the molecule is CCCCCCCCCCCCCCCC(=O)OC[C@H](COP(=O)(O)OC[C@H](O)COP(=O)(O)OC[C@@H](COC(=O)CCCCCCCCCCCCC(C)C)OC(=O)CCCCCCCCCCCCC(C)C)OC(=O)CCCCCCCCCCCCCCC. The van der Waals surface area contributed by atoms with Crippen molar-refractivity contribution in [3.8, 4) is 0 Å². The Morgan fingerprint density at radius 2 is 0.500 bits per heavy atom. The highest BCUT2D eigenvalue weighted by Gasteiger charge is 2.30. The molecule has 19 heteroatoms. The van der Waals surface area contributed by atoms with E-state index in [0.29, 0.717) is 25.7 Å². The molecule has 5 atom stereocenters. The predicted octanol–water partition coefficient (Wildman–Crippen LogP) is 21.2. The molecule has 0 aliphatic carbocycles. The Morgan fingerprint density at radius 1 is 0.293 bits per heavy atom. The molecular formula is C73H142O17P2. The molecule has 0 aromatic carbocycles. The molecule has 546 valence electrons. The normalized spacial score (nSPS) is 14.1. The van der Waals surface area contributed by atoms with Crippen LogP contribution in [0, 0.1) is 11.8 Å². The molecule has 0 aromatic rings. The minimum absolute atomic E-state index is 0.106. The molecule has 0 saturated heterocycles. The molecule has 0 amide bonds. The van der Waals surface area contributed by atoms with Crippen LogP contribution >= 0.6 is 15.6 Å². The third-order valence-electron chi connectivity index (χ3n) is 17.0. The molecule has 0 heterocycles. The lowest BCUT2D eigenvalue weighted by atomic mass is 10.0. The molecule has 0 fully saturated rings. The Kier molecular flexibility index (Phi) is 63.7. The smallest absolute Gasteiger partial charge is 0.462 e. The van der Waals surface area contributed by atoms with Gasteiger partial charge >= 0.3 is 39.5 Å². The standard InChI is InChI=1S/C73H142O17P2/c1-7-9-11-13-15-17-19-21-23-31-37-43-49-55-70(75)83-61-68(89-72(77)57-51-45-39-33-24-22-20-18-16-14-12-10-8-2)63-87-91(79,80)85-59-67(74)60-86-92(81,82)88-64-69(90-73(78)58-52-46-40-34-28-26-30-36-42-48-54-66(5)6)62-84-71(76)56-50-44-38-32-27-25-29-35-41-47-53-65(3)4/h65-69,74H,7-64H2,1-6H3,(H,79,80)(H,81,82)/t67-,68+,69+/m0/s1. The van der Waals surface area contributed by atoms with Gasteiger partial charge < -0.3 is 33.8 Å². The molecule has 17 nitrogen and oxygen atoms in total. The maximum absolute atomic E-state index is 13.0. The van der Waals surface area contributed by atoms with Gasteiger partial charge in [0, 0.05) is 25.7 Å². The Labute approximate surface area is 562 Å². The molecule has 0 bridgehead atoms. The highest BCUT2D eigenvalue weighted by atomic mass is 31.2. The van der Waals surface area contributed by atoms with Crippen LogP contribution in [0.1, 0.15) is 375 Å². The first-order valence-corrected chi connectivity index (χ1v) is 41.0. The largest absolute Gasteiger partial charge is 0.472 e. The average Bonchev–Trinajstić information content (AvgIpc) is 2.07. The Bertz CT molecular complexity index is 1790. The van der Waals surface area contributed by atoms with Crippen molar-refractivity contribution in [2.24, 2.45) is 11.8 Å². The van der Waals surface area contributed by atoms with Crippen LogP contribution in [-0.2, 0) is 65.4 Å². The fourth-order valence-electron chi connectivity index (χ4n) is 11.1. The molecule has 0 aromatic heterocycles. The molecule has 0 saturated carbocycles. The molecule has 0 aliphatic rings. The van der Waals surface area contributed by atoms with Crippen molar-refractivity contribution in [3.05, 3.63) is 0 Å². The van der Waals surface area contributed by atoms with E-state index >= 15 is 0 Å². The first kappa shape index (κ1) is 90.1. The zero-order valence-corrected chi connectivity index (χ0v) is 61.6. The van der Waals surface area contributed by atoms with E-state index in [9.17, 15) is 43.2 Å². The summed E-state index contributed by atoms with van der Waals surface area (Å²) in [4.78, 5) is 72.7. The number of carbonyl (C=O) groups is 4. The van der Waals surface area contributed by atoms with E-state index in [2.05, 4.69) is 41.5 Å². The van der Waals surface area contributed by atoms with E-state index < -0.39 is 97.5 Å². The quantitative estimate of drug-likeness (QED) is 0.0222. The molecule has 0 radical (unpaired) electrons. The van der Waals surface area contributed by atoms with Crippen LogP contribution in [0.3, 0.4) is 0 Å². The zero-order valence-electron chi connectivity index (χ0n) is 59.9. The van der Waals surface area contributed by atoms with Crippen molar-refractivity contribution in [1.29, 1.82) is 0 Å². The number of unbranched alkanes of at least 4 members (excludes halogenated alkanes) is 42. The van der Waals surface area contributed by atoms with Gasteiger partial charge in [-0.25, -0.2) is 9.13 Å². The molecule has 92 heavy (non-hydrogen) atoms.